The van der Waals surface area contributed by atoms with Crippen LogP contribution in [0.3, 0.4) is 0 Å². The second kappa shape index (κ2) is 11.5. The topological polar surface area (TPSA) is 66.4 Å². The molecule has 1 aromatic rings. The van der Waals surface area contributed by atoms with Crippen molar-refractivity contribution >= 4 is 35.8 Å². The van der Waals surface area contributed by atoms with Crippen LogP contribution in [0.2, 0.25) is 0 Å². The van der Waals surface area contributed by atoms with E-state index in [0.717, 1.165) is 43.2 Å². The maximum atomic E-state index is 12.5. The summed E-state index contributed by atoms with van der Waals surface area (Å²) in [7, 11) is 1.79. The summed E-state index contributed by atoms with van der Waals surface area (Å²) in [4.78, 5) is 21.0. The summed E-state index contributed by atoms with van der Waals surface area (Å²) in [5.74, 6) is 1.89. The zero-order valence-corrected chi connectivity index (χ0v) is 19.1. The quantitative estimate of drug-likeness (QED) is 0.380. The minimum atomic E-state index is -0.230. The van der Waals surface area contributed by atoms with Gasteiger partial charge in [0.05, 0.1) is 6.61 Å². The molecule has 7 nitrogen and oxygen atoms in total. The summed E-state index contributed by atoms with van der Waals surface area (Å²) in [5, 5.41) is 3.42. The van der Waals surface area contributed by atoms with E-state index in [1.54, 1.807) is 7.05 Å². The van der Waals surface area contributed by atoms with Crippen molar-refractivity contribution in [3.63, 3.8) is 0 Å². The number of guanidine groups is 1. The summed E-state index contributed by atoms with van der Waals surface area (Å²) in [6.07, 6.45) is 1.60. The summed E-state index contributed by atoms with van der Waals surface area (Å²) < 4.78 is 11.1. The number of nitrogens with one attached hydrogen (secondary N) is 1. The maximum Gasteiger partial charge on any atom is 0.251 e. The van der Waals surface area contributed by atoms with Crippen molar-refractivity contribution in [2.24, 2.45) is 4.99 Å². The molecule has 1 atom stereocenters. The van der Waals surface area contributed by atoms with Crippen molar-refractivity contribution in [3.8, 4) is 5.75 Å². The third-order valence-corrected chi connectivity index (χ3v) is 4.97. The van der Waals surface area contributed by atoms with Crippen molar-refractivity contribution in [3.05, 3.63) is 29.8 Å². The van der Waals surface area contributed by atoms with Crippen molar-refractivity contribution < 1.29 is 14.3 Å². The maximum absolute atomic E-state index is 12.5. The van der Waals surface area contributed by atoms with E-state index in [2.05, 4.69) is 21.3 Å². The summed E-state index contributed by atoms with van der Waals surface area (Å²) >= 11 is 0. The molecule has 2 aliphatic rings. The van der Waals surface area contributed by atoms with E-state index < -0.39 is 0 Å². The van der Waals surface area contributed by atoms with E-state index in [0.29, 0.717) is 32.8 Å². The minimum absolute atomic E-state index is 0. The van der Waals surface area contributed by atoms with Gasteiger partial charge in [0, 0.05) is 46.4 Å². The second-order valence-corrected chi connectivity index (χ2v) is 6.80. The predicted molar refractivity (Wildman–Crippen MR) is 120 cm³/mol. The largest absolute Gasteiger partial charge is 0.494 e. The Morgan fingerprint density at radius 3 is 2.68 bits per heavy atom. The molecule has 3 rings (SSSR count). The number of carbonyl (C=O) groups excluding carboxylic acids is 1. The standard InChI is InChI=1S/C20H30N4O3.HI/c1-3-26-17-7-4-6-16(14-17)15-22-20(21-2)24-11-9-23(10-12-24)19(25)18-8-5-13-27-18;/h4,6-7,14,18H,3,5,8-13,15H2,1-2H3,(H,21,22);1H. The summed E-state index contributed by atoms with van der Waals surface area (Å²) in [6.45, 7) is 7.00. The smallest absolute Gasteiger partial charge is 0.251 e. The molecule has 0 aromatic heterocycles. The monoisotopic (exact) mass is 502 g/mol. The fraction of sp³-hybridized carbons (Fsp3) is 0.600. The van der Waals surface area contributed by atoms with Crippen LogP contribution in [0.1, 0.15) is 25.3 Å². The number of halogens is 1. The van der Waals surface area contributed by atoms with Crippen LogP contribution in [0, 0.1) is 0 Å². The Morgan fingerprint density at radius 2 is 2.04 bits per heavy atom. The minimum Gasteiger partial charge on any atom is -0.494 e. The second-order valence-electron chi connectivity index (χ2n) is 6.80. The van der Waals surface area contributed by atoms with Crippen molar-refractivity contribution in [2.45, 2.75) is 32.4 Å². The molecule has 2 fully saturated rings. The van der Waals surface area contributed by atoms with Crippen LogP contribution in [0.5, 0.6) is 5.75 Å². The number of piperazine rings is 1. The van der Waals surface area contributed by atoms with Gasteiger partial charge in [-0.15, -0.1) is 24.0 Å². The predicted octanol–water partition coefficient (Wildman–Crippen LogP) is 2.10. The zero-order valence-electron chi connectivity index (χ0n) is 16.7. The van der Waals surface area contributed by atoms with Crippen LogP contribution in [0.15, 0.2) is 29.3 Å². The average molecular weight is 502 g/mol. The van der Waals surface area contributed by atoms with Gasteiger partial charge in [0.2, 0.25) is 0 Å². The van der Waals surface area contributed by atoms with Crippen LogP contribution in [0.4, 0.5) is 0 Å². The molecular formula is C20H31IN4O3. The van der Waals surface area contributed by atoms with E-state index in [-0.39, 0.29) is 36.0 Å². The lowest BCUT2D eigenvalue weighted by Crippen LogP contribution is -2.55. The summed E-state index contributed by atoms with van der Waals surface area (Å²) in [6, 6.07) is 8.08. The Kier molecular flexibility index (Phi) is 9.30. The van der Waals surface area contributed by atoms with Gasteiger partial charge >= 0.3 is 0 Å². The Balaban J connectivity index is 0.00000280. The molecule has 2 saturated heterocycles. The van der Waals surface area contributed by atoms with E-state index in [4.69, 9.17) is 9.47 Å². The molecular weight excluding hydrogens is 471 g/mol. The molecule has 1 amide bonds. The van der Waals surface area contributed by atoms with Gasteiger partial charge < -0.3 is 24.6 Å². The molecule has 28 heavy (non-hydrogen) atoms. The molecule has 1 unspecified atom stereocenters. The van der Waals surface area contributed by atoms with Crippen LogP contribution in [-0.4, -0.2) is 74.2 Å². The van der Waals surface area contributed by atoms with Crippen molar-refractivity contribution in [2.75, 3.05) is 46.4 Å². The van der Waals surface area contributed by atoms with Gasteiger partial charge in [-0.25, -0.2) is 0 Å². The fourth-order valence-corrected chi connectivity index (χ4v) is 3.54. The van der Waals surface area contributed by atoms with E-state index in [1.807, 2.05) is 30.0 Å². The van der Waals surface area contributed by atoms with Crippen molar-refractivity contribution in [1.29, 1.82) is 0 Å². The fourth-order valence-electron chi connectivity index (χ4n) is 3.54. The highest BCUT2D eigenvalue weighted by atomic mass is 127. The number of amides is 1. The van der Waals surface area contributed by atoms with Gasteiger partial charge in [-0.3, -0.25) is 9.79 Å². The molecule has 0 aliphatic carbocycles. The number of benzene rings is 1. The normalized spacial score (nSPS) is 19.9. The third-order valence-electron chi connectivity index (χ3n) is 4.97. The molecule has 0 radical (unpaired) electrons. The molecule has 0 saturated carbocycles. The van der Waals surface area contributed by atoms with Crippen LogP contribution < -0.4 is 10.1 Å². The van der Waals surface area contributed by atoms with Crippen LogP contribution >= 0.6 is 24.0 Å². The molecule has 1 aromatic carbocycles. The van der Waals surface area contributed by atoms with E-state index in [9.17, 15) is 4.79 Å². The summed E-state index contributed by atoms with van der Waals surface area (Å²) in [5.41, 5.74) is 1.15. The zero-order chi connectivity index (χ0) is 19.1. The molecule has 1 N–H and O–H groups in total. The van der Waals surface area contributed by atoms with Gasteiger partial charge in [0.15, 0.2) is 5.96 Å². The number of nitrogens with zero attached hydrogens (tertiary/aromatic N) is 3. The molecule has 8 heteroatoms. The first-order valence-corrected chi connectivity index (χ1v) is 9.79. The van der Waals surface area contributed by atoms with Crippen molar-refractivity contribution in [1.82, 2.24) is 15.1 Å². The Morgan fingerprint density at radius 1 is 1.29 bits per heavy atom. The molecule has 0 bridgehead atoms. The van der Waals surface area contributed by atoms with E-state index in [1.165, 1.54) is 0 Å². The number of hydrogen-bond donors (Lipinski definition) is 1. The molecule has 156 valence electrons. The first kappa shape index (κ1) is 22.7. The Labute approximate surface area is 184 Å². The molecule has 2 aliphatic heterocycles. The number of ether oxygens (including phenoxy) is 2. The van der Waals surface area contributed by atoms with Gasteiger partial charge in [0.25, 0.3) is 5.91 Å². The molecule has 0 spiro atoms. The lowest BCUT2D eigenvalue weighted by atomic mass is 10.2. The SMILES string of the molecule is CCOc1cccc(CNC(=NC)N2CCN(C(=O)C3CCCO3)CC2)c1.I. The Bertz CT molecular complexity index is 657. The Hall–Kier alpha value is -1.55. The highest BCUT2D eigenvalue weighted by Crippen LogP contribution is 2.16. The first-order valence-electron chi connectivity index (χ1n) is 9.79. The average Bonchev–Trinajstić information content (AvgIpc) is 3.24. The van der Waals surface area contributed by atoms with Gasteiger partial charge in [-0.2, -0.15) is 0 Å². The first-order chi connectivity index (χ1) is 13.2. The number of carbonyl (C=O) groups is 1. The lowest BCUT2D eigenvalue weighted by molar-refractivity contribution is -0.142. The highest BCUT2D eigenvalue weighted by molar-refractivity contribution is 14.0. The molecule has 2 heterocycles. The van der Waals surface area contributed by atoms with Gasteiger partial charge in [0.1, 0.15) is 11.9 Å². The van der Waals surface area contributed by atoms with Crippen LogP contribution in [0.25, 0.3) is 0 Å². The number of aliphatic imine (C=N–C) groups is 1. The lowest BCUT2D eigenvalue weighted by Gasteiger charge is -2.37. The highest BCUT2D eigenvalue weighted by Gasteiger charge is 2.30. The van der Waals surface area contributed by atoms with Crippen LogP contribution in [-0.2, 0) is 16.1 Å². The third kappa shape index (κ3) is 5.97. The van der Waals surface area contributed by atoms with Gasteiger partial charge in [-0.05, 0) is 37.5 Å². The van der Waals surface area contributed by atoms with Gasteiger partial charge in [-0.1, -0.05) is 12.1 Å². The van der Waals surface area contributed by atoms with E-state index >= 15 is 0 Å². The number of hydrogen-bond acceptors (Lipinski definition) is 4. The number of rotatable bonds is 5.